The van der Waals surface area contributed by atoms with Crippen LogP contribution in [0.1, 0.15) is 276 Å². The number of carboxylic acids is 1. The largest absolute Gasteiger partial charge is 0.481 e. The Hall–Kier alpha value is -8.07. The molecular weight excluding hydrogens is 1510 g/mol. The number of hydrogen-bond donors (Lipinski definition) is 13. The average molecular weight is 1650 g/mol. The number of ether oxygens (including phenoxy) is 2. The summed E-state index contributed by atoms with van der Waals surface area (Å²) in [5.74, 6) is -9.47. The topological polar surface area (TPSA) is 478 Å². The molecule has 0 aliphatic carbocycles. The molecule has 0 saturated carbocycles. The Balaban J connectivity index is 1.36. The van der Waals surface area contributed by atoms with Gasteiger partial charge >= 0.3 is 17.9 Å². The van der Waals surface area contributed by atoms with Crippen molar-refractivity contribution >= 4 is 89.1 Å². The molecule has 116 heavy (non-hydrogen) atoms. The van der Waals surface area contributed by atoms with Crippen molar-refractivity contribution in [1.82, 2.24) is 57.0 Å². The molecule has 2 aliphatic heterocycles. The average Bonchev–Trinajstić information content (AvgIpc) is 1.64. The number of carbonyl (C=O) groups excluding carboxylic acids is 12. The number of hydrogen-bond acceptors (Lipinski definition) is 21. The minimum absolute atomic E-state index is 0.00408. The Morgan fingerprint density at radius 2 is 1.03 bits per heavy atom. The fourth-order valence-electron chi connectivity index (χ4n) is 14.4. The summed E-state index contributed by atoms with van der Waals surface area (Å²) in [6.45, 7) is 3.21. The first-order valence-electron chi connectivity index (χ1n) is 43.2. The third-order valence-corrected chi connectivity index (χ3v) is 22.3. The molecule has 0 radical (unpaired) electrons. The van der Waals surface area contributed by atoms with Gasteiger partial charge in [-0.1, -0.05) is 198 Å². The molecule has 1 aromatic carbocycles. The maximum Gasteiger partial charge on any atom is 0.306 e. The van der Waals surface area contributed by atoms with E-state index in [0.717, 1.165) is 49.0 Å². The molecule has 2 aliphatic rings. The summed E-state index contributed by atoms with van der Waals surface area (Å²) in [5, 5.41) is 38.4. The van der Waals surface area contributed by atoms with E-state index in [-0.39, 0.29) is 102 Å². The van der Waals surface area contributed by atoms with Gasteiger partial charge in [-0.3, -0.25) is 57.5 Å². The fraction of sp³-hybridized carbons (Fsp3) is 0.738. The summed E-state index contributed by atoms with van der Waals surface area (Å²) in [6.07, 6.45) is 34.7. The van der Waals surface area contributed by atoms with Gasteiger partial charge in [0.15, 0.2) is 0 Å². The molecule has 2 aromatic rings. The number of nitrogens with zero attached hydrogens (tertiary/aromatic N) is 3. The predicted octanol–water partition coefficient (Wildman–Crippen LogP) is 6.60. The molecule has 9 amide bonds. The number of imidazole rings is 1. The first-order valence-corrected chi connectivity index (χ1v) is 44.4. The number of nitrogens with two attached hydrogens (primary N) is 3. The summed E-state index contributed by atoms with van der Waals surface area (Å²) in [4.78, 5) is 187. The normalized spacial score (nSPS) is 16.0. The predicted molar refractivity (Wildman–Crippen MR) is 444 cm³/mol. The molecule has 0 bridgehead atoms. The van der Waals surface area contributed by atoms with E-state index in [2.05, 4.69) is 61.0 Å². The van der Waals surface area contributed by atoms with E-state index in [9.17, 15) is 72.5 Å². The number of likely N-dealkylation sites (tertiary alicyclic amines) is 2. The summed E-state index contributed by atoms with van der Waals surface area (Å²) < 4.78 is 11.5. The van der Waals surface area contributed by atoms with Crippen LogP contribution in [-0.2, 0) is 84.6 Å². The number of rotatable bonds is 67. The fourth-order valence-corrected chi connectivity index (χ4v) is 15.4. The van der Waals surface area contributed by atoms with E-state index in [1.165, 1.54) is 145 Å². The number of carboxylic acid groups (broad SMARTS) is 1. The third kappa shape index (κ3) is 41.9. The number of aliphatic hydroxyl groups is 1. The quantitative estimate of drug-likeness (QED) is 0.0188. The number of aliphatic carboxylic acids is 1. The second-order valence-corrected chi connectivity index (χ2v) is 32.0. The molecule has 2 saturated heterocycles. The number of aliphatic hydroxyl groups excluding tert-OH is 1. The zero-order valence-corrected chi connectivity index (χ0v) is 70.1. The lowest BCUT2D eigenvalue weighted by Gasteiger charge is -2.31. The van der Waals surface area contributed by atoms with Crippen LogP contribution in [0.15, 0.2) is 42.9 Å². The van der Waals surface area contributed by atoms with Crippen molar-refractivity contribution in [1.29, 1.82) is 0 Å². The highest BCUT2D eigenvalue weighted by Crippen LogP contribution is 2.24. The van der Waals surface area contributed by atoms with Crippen LogP contribution >= 0.6 is 11.8 Å². The van der Waals surface area contributed by atoms with Crippen LogP contribution in [0.4, 0.5) is 0 Å². The van der Waals surface area contributed by atoms with Crippen molar-refractivity contribution in [3.63, 3.8) is 0 Å². The number of unbranched alkanes of at least 4 members (excludes halogenated alkanes) is 26. The van der Waals surface area contributed by atoms with Crippen LogP contribution in [-0.4, -0.2) is 225 Å². The zero-order chi connectivity index (χ0) is 84.5. The van der Waals surface area contributed by atoms with Crippen LogP contribution in [0.5, 0.6) is 0 Å². The molecule has 4 rings (SSSR count). The van der Waals surface area contributed by atoms with Crippen molar-refractivity contribution in [3.05, 3.63) is 54.1 Å². The lowest BCUT2D eigenvalue weighted by atomic mass is 10.0. The smallest absolute Gasteiger partial charge is 0.306 e. The molecule has 32 heteroatoms. The molecule has 1 aromatic heterocycles. The van der Waals surface area contributed by atoms with Gasteiger partial charge in [-0.15, -0.1) is 0 Å². The Labute approximate surface area is 691 Å². The van der Waals surface area contributed by atoms with Gasteiger partial charge in [0, 0.05) is 55.7 Å². The number of amides is 9. The van der Waals surface area contributed by atoms with E-state index in [0.29, 0.717) is 56.9 Å². The van der Waals surface area contributed by atoms with Crippen molar-refractivity contribution in [3.8, 4) is 0 Å². The van der Waals surface area contributed by atoms with E-state index in [1.54, 1.807) is 30.3 Å². The number of benzene rings is 1. The Morgan fingerprint density at radius 3 is 1.50 bits per heavy atom. The number of aromatic nitrogens is 2. The minimum Gasteiger partial charge on any atom is -0.481 e. The number of thioether (sulfide) groups is 1. The lowest BCUT2D eigenvalue weighted by Crippen LogP contribution is -2.60. The van der Waals surface area contributed by atoms with Gasteiger partial charge in [-0.25, -0.2) is 4.98 Å². The zero-order valence-electron chi connectivity index (χ0n) is 69.2. The van der Waals surface area contributed by atoms with E-state index >= 15 is 0 Å². The van der Waals surface area contributed by atoms with Gasteiger partial charge in [0.2, 0.25) is 53.2 Å². The van der Waals surface area contributed by atoms with Crippen molar-refractivity contribution in [2.24, 2.45) is 17.2 Å². The monoisotopic (exact) mass is 1650 g/mol. The van der Waals surface area contributed by atoms with Crippen LogP contribution < -0.4 is 54.4 Å². The van der Waals surface area contributed by atoms with E-state index in [1.807, 2.05) is 0 Å². The van der Waals surface area contributed by atoms with Crippen LogP contribution in [0, 0.1) is 0 Å². The van der Waals surface area contributed by atoms with Crippen LogP contribution in [0.3, 0.4) is 0 Å². The van der Waals surface area contributed by atoms with Gasteiger partial charge in [-0.2, -0.15) is 11.8 Å². The molecule has 654 valence electrons. The number of nitrogens with one attached hydrogen (secondary N) is 8. The lowest BCUT2D eigenvalue weighted by molar-refractivity contribution is -0.157. The summed E-state index contributed by atoms with van der Waals surface area (Å²) >= 11 is 1.18. The van der Waals surface area contributed by atoms with Crippen molar-refractivity contribution in [2.75, 3.05) is 57.4 Å². The van der Waals surface area contributed by atoms with Crippen LogP contribution in [0.2, 0.25) is 0 Å². The standard InChI is InChI=1S/C84H140N14O17S/c1-3-5-7-9-11-13-15-17-19-21-23-25-30-44-75(104)114-57-64(115-76(105)45-31-26-24-22-20-18-16-14-12-10-8-6-4-2)58-116-59-65(87)77(106)89-54-73(101)92-69(52-74(102)103)84(113)98-49-37-43-72(98)82(111)93-66(40-32-34-46-85)78(107)95-68(51-62-53-88-60-90-62)83(112)97-48-36-42-71(97)81(110)94-67(41-33-35-47-86)79(108)96-70(56-100)80(109)91-63(55-99)50-61-38-28-27-29-39-61/h27-29,38-39,53,55,60,63-72,100H,3-26,30-37,40-52,54,56-59,85-87H2,1-2H3,(H,88,90)(H,89,106)(H,91,109)(H,92,101)(H,93,111)(H,94,110)(H,95,107)(H,96,108)(H,102,103)/t63-,64?,65?,66-,67-,68-,69-,70?,71-,72-/m0/s1. The van der Waals surface area contributed by atoms with Crippen molar-refractivity contribution < 1.29 is 82.0 Å². The van der Waals surface area contributed by atoms with Gasteiger partial charge in [0.05, 0.1) is 38.0 Å². The first kappa shape index (κ1) is 100. The van der Waals surface area contributed by atoms with E-state index < -0.39 is 151 Å². The second-order valence-electron chi connectivity index (χ2n) is 31.0. The Bertz CT molecular complexity index is 3200. The number of carbonyl (C=O) groups is 13. The highest BCUT2D eigenvalue weighted by molar-refractivity contribution is 7.99. The molecular formula is C84H140N14O17S. The number of esters is 2. The highest BCUT2D eigenvalue weighted by atomic mass is 32.2. The molecule has 3 unspecified atom stereocenters. The second kappa shape index (κ2) is 61.3. The third-order valence-electron chi connectivity index (χ3n) is 21.1. The number of aldehydes is 1. The maximum absolute atomic E-state index is 14.9. The minimum atomic E-state index is -1.72. The SMILES string of the molecule is CCCCCCCCCCCCCCCC(=O)OCC(CSCC(N)C(=O)NCC(=O)N[C@@H](CC(=O)O)C(=O)N1CCC[C@H]1C(=O)N[C@@H](CCCCN)C(=O)N[C@@H](Cc1cnc[nH]1)C(=O)N1CCC[C@H]1C(=O)N[C@@H](CCCCN)C(=O)NC(CO)C(=O)N[C@H](C=O)Cc1ccccc1)OC(=O)CCCCCCCCCCCCCCC. The highest BCUT2D eigenvalue weighted by Gasteiger charge is 2.43. The maximum atomic E-state index is 14.9. The summed E-state index contributed by atoms with van der Waals surface area (Å²) in [7, 11) is 0. The molecule has 3 heterocycles. The molecule has 0 spiro atoms. The number of aromatic amines is 1. The first-order chi connectivity index (χ1) is 56.2. The summed E-state index contributed by atoms with van der Waals surface area (Å²) in [6, 6.07) is -2.95. The van der Waals surface area contributed by atoms with Gasteiger partial charge < -0.3 is 93.7 Å². The molecule has 16 N–H and O–H groups in total. The van der Waals surface area contributed by atoms with Gasteiger partial charge in [0.1, 0.15) is 61.3 Å². The number of H-pyrrole nitrogens is 1. The van der Waals surface area contributed by atoms with Crippen molar-refractivity contribution in [2.45, 2.75) is 338 Å². The van der Waals surface area contributed by atoms with Gasteiger partial charge in [0.25, 0.3) is 0 Å². The van der Waals surface area contributed by atoms with Crippen LogP contribution in [0.25, 0.3) is 0 Å². The molecule has 31 nitrogen and oxygen atoms in total. The summed E-state index contributed by atoms with van der Waals surface area (Å²) in [5.41, 5.74) is 19.1. The molecule has 2 fully saturated rings. The van der Waals surface area contributed by atoms with Gasteiger partial charge in [-0.05, 0) is 102 Å². The van der Waals surface area contributed by atoms with E-state index in [4.69, 9.17) is 26.7 Å². The molecule has 10 atom stereocenters. The Kier molecular flexibility index (Phi) is 53.0. The Morgan fingerprint density at radius 1 is 0.560 bits per heavy atom.